The molecule has 1 fully saturated rings. The summed E-state index contributed by atoms with van der Waals surface area (Å²) in [6, 6.07) is 4.66. The Bertz CT molecular complexity index is 1120. The zero-order chi connectivity index (χ0) is 23.3. The fraction of sp³-hybridized carbons (Fsp3) is 0.429. The highest BCUT2D eigenvalue weighted by molar-refractivity contribution is 7.93. The Hall–Kier alpha value is -2.79. The highest BCUT2D eigenvalue weighted by atomic mass is 32.2. The van der Waals surface area contributed by atoms with E-state index in [2.05, 4.69) is 20.9 Å². The first kappa shape index (κ1) is 23.9. The molecular formula is C21H26N4O5S2. The van der Waals surface area contributed by atoms with Crippen molar-refractivity contribution in [1.29, 1.82) is 0 Å². The van der Waals surface area contributed by atoms with E-state index in [1.807, 2.05) is 13.0 Å². The van der Waals surface area contributed by atoms with Gasteiger partial charge in [-0.2, -0.15) is 0 Å². The number of carbonyl (C=O) groups is 3. The third kappa shape index (κ3) is 6.13. The molecule has 3 rings (SSSR count). The van der Waals surface area contributed by atoms with Crippen LogP contribution in [0.25, 0.3) is 0 Å². The third-order valence-electron chi connectivity index (χ3n) is 5.17. The molecule has 9 nitrogen and oxygen atoms in total. The molecule has 1 saturated carbocycles. The van der Waals surface area contributed by atoms with Crippen molar-refractivity contribution in [3.05, 3.63) is 35.5 Å². The van der Waals surface area contributed by atoms with E-state index in [0.29, 0.717) is 11.3 Å². The second-order valence-electron chi connectivity index (χ2n) is 7.76. The maximum absolute atomic E-state index is 12.9. The van der Waals surface area contributed by atoms with E-state index in [1.54, 1.807) is 12.1 Å². The average Bonchev–Trinajstić information content (AvgIpc) is 3.41. The molecule has 0 radical (unpaired) electrons. The van der Waals surface area contributed by atoms with Gasteiger partial charge in [0, 0.05) is 24.9 Å². The minimum absolute atomic E-state index is 0.00871. The normalized spacial score (nSPS) is 14.2. The summed E-state index contributed by atoms with van der Waals surface area (Å²) in [4.78, 5) is 40.3. The van der Waals surface area contributed by atoms with Crippen LogP contribution < -0.4 is 16.0 Å². The Labute approximate surface area is 190 Å². The Morgan fingerprint density at radius 2 is 1.88 bits per heavy atom. The molecule has 3 N–H and O–H groups in total. The van der Waals surface area contributed by atoms with Crippen LogP contribution in [0, 0.1) is 12.8 Å². The molecule has 32 heavy (non-hydrogen) atoms. The second kappa shape index (κ2) is 10.2. The van der Waals surface area contributed by atoms with Gasteiger partial charge in [-0.25, -0.2) is 18.2 Å². The quantitative estimate of drug-likeness (QED) is 0.498. The molecule has 0 bridgehead atoms. The lowest BCUT2D eigenvalue weighted by atomic mass is 9.94. The lowest BCUT2D eigenvalue weighted by Gasteiger charge is -2.14. The topological polar surface area (TPSA) is 134 Å². The summed E-state index contributed by atoms with van der Waals surface area (Å²) in [6.07, 6.45) is 4.95. The van der Waals surface area contributed by atoms with Gasteiger partial charge < -0.3 is 10.6 Å². The molecular weight excluding hydrogens is 452 g/mol. The number of carbonyl (C=O) groups excluding carboxylic acids is 3. The van der Waals surface area contributed by atoms with Crippen molar-refractivity contribution in [3.63, 3.8) is 0 Å². The summed E-state index contributed by atoms with van der Waals surface area (Å²) in [7, 11) is -3.64. The molecule has 3 amide bonds. The molecule has 1 aromatic heterocycles. The summed E-state index contributed by atoms with van der Waals surface area (Å²) in [5.74, 6) is -0.575. The minimum Gasteiger partial charge on any atom is -0.355 e. The van der Waals surface area contributed by atoms with E-state index < -0.39 is 15.9 Å². The second-order valence-corrected chi connectivity index (χ2v) is 11.1. The summed E-state index contributed by atoms with van der Waals surface area (Å²) in [5.41, 5.74) is 1.81. The standard InChI is InChI=1S/C21H26N4O5S2/c1-13-7-8-17(16(11-13)19(27)15-5-3-4-6-15)24-20(28)25-21-23-12-18(31-21)32(29,30)10-9-22-14(2)26/h7-8,11-12,15H,3-6,9-10H2,1-2H3,(H,22,26)(H2,23,24,25,28). The fourth-order valence-corrected chi connectivity index (χ4v) is 5.88. The minimum atomic E-state index is -3.64. The van der Waals surface area contributed by atoms with Gasteiger partial charge in [-0.05, 0) is 31.9 Å². The lowest BCUT2D eigenvalue weighted by molar-refractivity contribution is -0.118. The van der Waals surface area contributed by atoms with Gasteiger partial charge in [0.05, 0.1) is 17.6 Å². The van der Waals surface area contributed by atoms with Crippen LogP contribution in [0.4, 0.5) is 15.6 Å². The van der Waals surface area contributed by atoms with Crippen molar-refractivity contribution in [2.75, 3.05) is 22.9 Å². The van der Waals surface area contributed by atoms with Gasteiger partial charge in [0.1, 0.15) is 4.21 Å². The van der Waals surface area contributed by atoms with Crippen LogP contribution in [0.5, 0.6) is 0 Å². The van der Waals surface area contributed by atoms with E-state index in [-0.39, 0.29) is 39.2 Å². The Morgan fingerprint density at radius 1 is 1.16 bits per heavy atom. The maximum atomic E-state index is 12.9. The van der Waals surface area contributed by atoms with Gasteiger partial charge in [-0.1, -0.05) is 35.8 Å². The SMILES string of the molecule is CC(=O)NCCS(=O)(=O)c1cnc(NC(=O)Nc2ccc(C)cc2C(=O)C2CCCC2)s1. The van der Waals surface area contributed by atoms with Crippen molar-refractivity contribution in [1.82, 2.24) is 10.3 Å². The number of thiazole rings is 1. The summed E-state index contributed by atoms with van der Waals surface area (Å²) >= 11 is 0.820. The molecule has 1 aliphatic rings. The third-order valence-corrected chi connectivity index (χ3v) is 8.35. The number of Topliss-reactive ketones (excluding diaryl/α,β-unsaturated/α-hetero) is 1. The van der Waals surface area contributed by atoms with Crippen LogP contribution in [0.1, 0.15) is 48.5 Å². The van der Waals surface area contributed by atoms with Crippen LogP contribution >= 0.6 is 11.3 Å². The van der Waals surface area contributed by atoms with Gasteiger partial charge >= 0.3 is 6.03 Å². The predicted molar refractivity (Wildman–Crippen MR) is 123 cm³/mol. The average molecular weight is 479 g/mol. The number of anilines is 2. The van der Waals surface area contributed by atoms with Crippen molar-refractivity contribution >= 4 is 49.7 Å². The van der Waals surface area contributed by atoms with Gasteiger partial charge in [-0.3, -0.25) is 14.9 Å². The van der Waals surface area contributed by atoms with Crippen molar-refractivity contribution in [2.45, 2.75) is 43.7 Å². The van der Waals surface area contributed by atoms with E-state index in [1.165, 1.54) is 13.1 Å². The number of nitrogens with zero attached hydrogens (tertiary/aromatic N) is 1. The maximum Gasteiger partial charge on any atom is 0.325 e. The zero-order valence-electron chi connectivity index (χ0n) is 17.9. The molecule has 2 aromatic rings. The van der Waals surface area contributed by atoms with Gasteiger partial charge in [-0.15, -0.1) is 0 Å². The van der Waals surface area contributed by atoms with Crippen molar-refractivity contribution in [2.24, 2.45) is 5.92 Å². The monoisotopic (exact) mass is 478 g/mol. The van der Waals surface area contributed by atoms with Crippen molar-refractivity contribution in [3.8, 4) is 0 Å². The number of sulfone groups is 1. The summed E-state index contributed by atoms with van der Waals surface area (Å²) < 4.78 is 24.7. The van der Waals surface area contributed by atoms with Crippen LogP contribution in [-0.4, -0.2) is 43.4 Å². The number of aryl methyl sites for hydroxylation is 1. The smallest absolute Gasteiger partial charge is 0.325 e. The van der Waals surface area contributed by atoms with Gasteiger partial charge in [0.15, 0.2) is 20.8 Å². The largest absolute Gasteiger partial charge is 0.355 e. The molecule has 0 spiro atoms. The Morgan fingerprint density at radius 3 is 2.56 bits per heavy atom. The molecule has 0 unspecified atom stereocenters. The molecule has 172 valence electrons. The molecule has 1 aliphatic carbocycles. The number of hydrogen-bond acceptors (Lipinski definition) is 7. The molecule has 0 aliphatic heterocycles. The van der Waals surface area contributed by atoms with Gasteiger partial charge in [0.2, 0.25) is 5.91 Å². The van der Waals surface area contributed by atoms with Crippen LogP contribution in [0.15, 0.2) is 28.6 Å². The highest BCUT2D eigenvalue weighted by Gasteiger charge is 2.26. The number of amides is 3. The number of ketones is 1. The molecule has 0 saturated heterocycles. The Kier molecular flexibility index (Phi) is 7.62. The zero-order valence-corrected chi connectivity index (χ0v) is 19.6. The summed E-state index contributed by atoms with van der Waals surface area (Å²) in [6.45, 7) is 3.18. The first-order valence-electron chi connectivity index (χ1n) is 10.3. The van der Waals surface area contributed by atoms with E-state index in [0.717, 1.165) is 42.6 Å². The first-order valence-corrected chi connectivity index (χ1v) is 12.8. The highest BCUT2D eigenvalue weighted by Crippen LogP contribution is 2.31. The number of aromatic nitrogens is 1. The predicted octanol–water partition coefficient (Wildman–Crippen LogP) is 3.38. The van der Waals surface area contributed by atoms with Crippen LogP contribution in [0.2, 0.25) is 0 Å². The number of rotatable bonds is 8. The number of urea groups is 1. The lowest BCUT2D eigenvalue weighted by Crippen LogP contribution is -2.26. The number of benzene rings is 1. The van der Waals surface area contributed by atoms with Crippen LogP contribution in [-0.2, 0) is 14.6 Å². The van der Waals surface area contributed by atoms with E-state index >= 15 is 0 Å². The van der Waals surface area contributed by atoms with E-state index in [9.17, 15) is 22.8 Å². The Balaban J connectivity index is 1.67. The number of nitrogens with one attached hydrogen (secondary N) is 3. The van der Waals surface area contributed by atoms with Crippen LogP contribution in [0.3, 0.4) is 0 Å². The van der Waals surface area contributed by atoms with Gasteiger partial charge in [0.25, 0.3) is 0 Å². The van der Waals surface area contributed by atoms with E-state index in [4.69, 9.17) is 0 Å². The fourth-order valence-electron chi connectivity index (χ4n) is 3.55. The molecule has 1 aromatic carbocycles. The number of hydrogen-bond donors (Lipinski definition) is 3. The summed E-state index contributed by atoms with van der Waals surface area (Å²) in [5, 5.41) is 7.75. The molecule has 1 heterocycles. The molecule has 0 atom stereocenters. The molecule has 11 heteroatoms. The van der Waals surface area contributed by atoms with Crippen molar-refractivity contribution < 1.29 is 22.8 Å². The first-order chi connectivity index (χ1) is 15.2.